The van der Waals surface area contributed by atoms with Crippen LogP contribution in [0.2, 0.25) is 0 Å². The molecule has 1 aliphatic carbocycles. The average Bonchev–Trinajstić information content (AvgIpc) is 3.32. The van der Waals surface area contributed by atoms with Crippen molar-refractivity contribution in [1.82, 2.24) is 21.2 Å². The van der Waals surface area contributed by atoms with E-state index >= 15 is 0 Å². The molecule has 0 radical (unpaired) electrons. The first-order chi connectivity index (χ1) is 11.1. The molecule has 1 saturated carbocycles. The third-order valence-electron chi connectivity index (χ3n) is 3.81. The first-order valence-corrected chi connectivity index (χ1v) is 8.59. The van der Waals surface area contributed by atoms with Gasteiger partial charge in [-0.1, -0.05) is 11.3 Å². The summed E-state index contributed by atoms with van der Waals surface area (Å²) in [6.07, 6.45) is 2.33. The van der Waals surface area contributed by atoms with Gasteiger partial charge in [-0.15, -0.1) is 0 Å². The molecule has 23 heavy (non-hydrogen) atoms. The van der Waals surface area contributed by atoms with Crippen LogP contribution in [0.3, 0.4) is 0 Å². The van der Waals surface area contributed by atoms with Crippen molar-refractivity contribution in [2.75, 3.05) is 37.7 Å². The number of rotatable bonds is 4. The summed E-state index contributed by atoms with van der Waals surface area (Å²) in [5.74, 6) is 0.248. The summed E-state index contributed by atoms with van der Waals surface area (Å²) in [4.78, 5) is 30.8. The first-order valence-electron chi connectivity index (χ1n) is 7.78. The molecular formula is C14H21N5O3S. The van der Waals surface area contributed by atoms with Crippen molar-refractivity contribution in [3.63, 3.8) is 0 Å². The Morgan fingerprint density at radius 2 is 2.04 bits per heavy atom. The number of amides is 3. The number of hydrogen-bond acceptors (Lipinski definition) is 6. The lowest BCUT2D eigenvalue weighted by atomic mass is 10.4. The van der Waals surface area contributed by atoms with E-state index in [1.807, 2.05) is 0 Å². The molecule has 0 atom stereocenters. The Morgan fingerprint density at radius 1 is 1.30 bits per heavy atom. The van der Waals surface area contributed by atoms with E-state index in [4.69, 9.17) is 4.74 Å². The van der Waals surface area contributed by atoms with Gasteiger partial charge in [0, 0.05) is 19.6 Å². The van der Waals surface area contributed by atoms with Gasteiger partial charge in [0.15, 0.2) is 5.13 Å². The molecule has 3 rings (SSSR count). The predicted octanol–water partition coefficient (Wildman–Crippen LogP) is 0.642. The number of ether oxygens (including phenoxy) is 1. The molecule has 0 bridgehead atoms. The number of nitrogens with zero attached hydrogens (tertiary/aromatic N) is 2. The quantitative estimate of drug-likeness (QED) is 0.700. The summed E-state index contributed by atoms with van der Waals surface area (Å²) in [7, 11) is 0. The maximum atomic E-state index is 12.2. The maximum absolute atomic E-state index is 12.2. The fourth-order valence-electron chi connectivity index (χ4n) is 2.26. The van der Waals surface area contributed by atoms with Crippen LogP contribution >= 0.6 is 11.3 Å². The first kappa shape index (κ1) is 16.0. The van der Waals surface area contributed by atoms with Crippen molar-refractivity contribution in [3.8, 4) is 0 Å². The minimum atomic E-state index is -0.388. The molecule has 1 aromatic heterocycles. The maximum Gasteiger partial charge on any atom is 0.333 e. The molecule has 0 spiro atoms. The molecule has 2 fully saturated rings. The van der Waals surface area contributed by atoms with Gasteiger partial charge >= 0.3 is 6.03 Å². The minimum absolute atomic E-state index is 0.346. The number of hydrogen-bond donors (Lipinski definition) is 3. The number of morpholine rings is 1. The Hall–Kier alpha value is -1.87. The number of carbonyl (C=O) groups excluding carboxylic acids is 2. The molecule has 9 heteroatoms. The highest BCUT2D eigenvalue weighted by molar-refractivity contribution is 7.17. The number of thiazole rings is 1. The van der Waals surface area contributed by atoms with E-state index in [1.54, 1.807) is 6.92 Å². The zero-order valence-corrected chi connectivity index (χ0v) is 13.9. The van der Waals surface area contributed by atoms with E-state index in [-0.39, 0.29) is 11.9 Å². The van der Waals surface area contributed by atoms with Crippen LogP contribution in [0.4, 0.5) is 9.93 Å². The Bertz CT molecular complexity index is 581. The van der Waals surface area contributed by atoms with Crippen LogP contribution in [0, 0.1) is 12.8 Å². The lowest BCUT2D eigenvalue weighted by Gasteiger charge is -2.25. The number of hydrazine groups is 1. The number of aryl methyl sites for hydroxylation is 1. The summed E-state index contributed by atoms with van der Waals surface area (Å²) in [6.45, 7) is 5.34. The van der Waals surface area contributed by atoms with Gasteiger partial charge in [-0.25, -0.2) is 15.2 Å². The molecule has 0 unspecified atom stereocenters. The Kier molecular flexibility index (Phi) is 4.97. The van der Waals surface area contributed by atoms with Crippen molar-refractivity contribution in [2.24, 2.45) is 5.92 Å². The van der Waals surface area contributed by atoms with Gasteiger partial charge in [-0.3, -0.25) is 10.2 Å². The summed E-state index contributed by atoms with van der Waals surface area (Å²) in [6, 6.07) is -0.388. The van der Waals surface area contributed by atoms with E-state index in [0.29, 0.717) is 36.2 Å². The zero-order chi connectivity index (χ0) is 16.2. The highest BCUT2D eigenvalue weighted by atomic mass is 32.1. The van der Waals surface area contributed by atoms with Gasteiger partial charge in [0.1, 0.15) is 4.88 Å². The summed E-state index contributed by atoms with van der Waals surface area (Å²) in [5.41, 5.74) is 5.46. The lowest BCUT2D eigenvalue weighted by Crippen LogP contribution is -2.47. The van der Waals surface area contributed by atoms with E-state index in [2.05, 4.69) is 26.1 Å². The van der Waals surface area contributed by atoms with Gasteiger partial charge in [-0.2, -0.15) is 0 Å². The smallest absolute Gasteiger partial charge is 0.333 e. The van der Waals surface area contributed by atoms with Crippen molar-refractivity contribution in [2.45, 2.75) is 19.8 Å². The van der Waals surface area contributed by atoms with Crippen LogP contribution in [0.5, 0.6) is 0 Å². The van der Waals surface area contributed by atoms with Crippen molar-refractivity contribution in [1.29, 1.82) is 0 Å². The molecule has 3 amide bonds. The van der Waals surface area contributed by atoms with Crippen LogP contribution in [-0.2, 0) is 4.74 Å². The lowest BCUT2D eigenvalue weighted by molar-refractivity contribution is 0.0939. The molecule has 2 heterocycles. The van der Waals surface area contributed by atoms with E-state index in [0.717, 1.165) is 31.1 Å². The van der Waals surface area contributed by atoms with Crippen molar-refractivity contribution < 1.29 is 14.3 Å². The monoisotopic (exact) mass is 339 g/mol. The van der Waals surface area contributed by atoms with Gasteiger partial charge in [0.25, 0.3) is 5.91 Å². The van der Waals surface area contributed by atoms with Gasteiger partial charge in [-0.05, 0) is 25.7 Å². The van der Waals surface area contributed by atoms with Crippen LogP contribution in [0.1, 0.15) is 28.2 Å². The third-order valence-corrected chi connectivity index (χ3v) is 5.03. The molecule has 126 valence electrons. The standard InChI is InChI=1S/C14H21N5O3S/c1-9-11(23-14(16-9)19-4-6-22-7-5-19)12(20)17-18-13(21)15-8-10-2-3-10/h10H,2-8H2,1H3,(H,17,20)(H2,15,18,21). The highest BCUT2D eigenvalue weighted by Gasteiger charge is 2.22. The number of anilines is 1. The van der Waals surface area contributed by atoms with Gasteiger partial charge < -0.3 is 15.0 Å². The second-order valence-corrected chi connectivity index (χ2v) is 6.72. The van der Waals surface area contributed by atoms with E-state index in [9.17, 15) is 9.59 Å². The molecule has 1 saturated heterocycles. The second kappa shape index (κ2) is 7.14. The highest BCUT2D eigenvalue weighted by Crippen LogP contribution is 2.27. The molecule has 1 aliphatic heterocycles. The second-order valence-electron chi connectivity index (χ2n) is 5.74. The molecule has 8 nitrogen and oxygen atoms in total. The summed E-state index contributed by atoms with van der Waals surface area (Å²) >= 11 is 1.33. The van der Waals surface area contributed by atoms with Crippen molar-refractivity contribution >= 4 is 28.4 Å². The normalized spacial score (nSPS) is 17.7. The third kappa shape index (κ3) is 4.32. The number of nitrogens with one attached hydrogen (secondary N) is 3. The van der Waals surface area contributed by atoms with E-state index < -0.39 is 0 Å². The molecular weight excluding hydrogens is 318 g/mol. The molecule has 2 aliphatic rings. The Labute approximate surface area is 138 Å². The predicted molar refractivity (Wildman–Crippen MR) is 86.6 cm³/mol. The minimum Gasteiger partial charge on any atom is -0.378 e. The molecule has 0 aromatic carbocycles. The average molecular weight is 339 g/mol. The fraction of sp³-hybridized carbons (Fsp3) is 0.643. The van der Waals surface area contributed by atoms with E-state index in [1.165, 1.54) is 11.3 Å². The largest absolute Gasteiger partial charge is 0.378 e. The molecule has 3 N–H and O–H groups in total. The SMILES string of the molecule is Cc1nc(N2CCOCC2)sc1C(=O)NNC(=O)NCC1CC1. The number of aromatic nitrogens is 1. The van der Waals surface area contributed by atoms with Gasteiger partial charge in [0.05, 0.1) is 18.9 Å². The fourth-order valence-corrected chi connectivity index (χ4v) is 3.27. The van der Waals surface area contributed by atoms with Crippen LogP contribution < -0.4 is 21.1 Å². The topological polar surface area (TPSA) is 95.6 Å². The van der Waals surface area contributed by atoms with Crippen LogP contribution in [-0.4, -0.2) is 49.8 Å². The van der Waals surface area contributed by atoms with Crippen molar-refractivity contribution in [3.05, 3.63) is 10.6 Å². The number of urea groups is 1. The Balaban J connectivity index is 1.51. The summed E-state index contributed by atoms with van der Waals surface area (Å²) in [5, 5.41) is 3.54. The summed E-state index contributed by atoms with van der Waals surface area (Å²) < 4.78 is 5.32. The van der Waals surface area contributed by atoms with Crippen LogP contribution in [0.25, 0.3) is 0 Å². The Morgan fingerprint density at radius 3 is 2.74 bits per heavy atom. The van der Waals surface area contributed by atoms with Crippen LogP contribution in [0.15, 0.2) is 0 Å². The number of carbonyl (C=O) groups is 2. The zero-order valence-electron chi connectivity index (χ0n) is 13.1. The van der Waals surface area contributed by atoms with Gasteiger partial charge in [0.2, 0.25) is 0 Å². The molecule has 1 aromatic rings.